The summed E-state index contributed by atoms with van der Waals surface area (Å²) < 4.78 is 1.86. The van der Waals surface area contributed by atoms with Crippen molar-refractivity contribution < 1.29 is 0 Å². The van der Waals surface area contributed by atoms with Crippen LogP contribution in [-0.4, -0.2) is 9.38 Å². The molecule has 0 saturated heterocycles. The molecular weight excluding hydrogens is 138 g/mol. The van der Waals surface area contributed by atoms with Crippen LogP contribution in [-0.2, 0) is 0 Å². The highest BCUT2D eigenvalue weighted by molar-refractivity contribution is 5.49. The first kappa shape index (κ1) is 5.93. The SMILES string of the molecule is N#Cc1cc2cccn2cn1. The Balaban J connectivity index is 2.79. The fraction of sp³-hybridized carbons (Fsp3) is 0. The van der Waals surface area contributed by atoms with Crippen LogP contribution in [0.15, 0.2) is 30.7 Å². The van der Waals surface area contributed by atoms with E-state index in [2.05, 4.69) is 4.98 Å². The molecule has 0 aromatic carbocycles. The molecule has 0 spiro atoms. The zero-order valence-electron chi connectivity index (χ0n) is 5.73. The van der Waals surface area contributed by atoms with Gasteiger partial charge in [0, 0.05) is 11.7 Å². The average molecular weight is 143 g/mol. The third kappa shape index (κ3) is 0.849. The van der Waals surface area contributed by atoms with Gasteiger partial charge in [-0.1, -0.05) is 0 Å². The van der Waals surface area contributed by atoms with E-state index in [0.29, 0.717) is 5.69 Å². The number of hydrogen-bond donors (Lipinski definition) is 0. The highest BCUT2D eigenvalue weighted by atomic mass is 14.9. The van der Waals surface area contributed by atoms with Gasteiger partial charge < -0.3 is 4.40 Å². The van der Waals surface area contributed by atoms with Crippen molar-refractivity contribution in [2.45, 2.75) is 0 Å². The van der Waals surface area contributed by atoms with Crippen LogP contribution >= 0.6 is 0 Å². The van der Waals surface area contributed by atoms with Crippen LogP contribution in [0.25, 0.3) is 5.52 Å². The van der Waals surface area contributed by atoms with E-state index < -0.39 is 0 Å². The second-order valence-corrected chi connectivity index (χ2v) is 2.23. The lowest BCUT2D eigenvalue weighted by atomic mass is 10.4. The molecule has 2 heterocycles. The zero-order valence-corrected chi connectivity index (χ0v) is 5.73. The van der Waals surface area contributed by atoms with Crippen molar-refractivity contribution in [1.29, 1.82) is 5.26 Å². The van der Waals surface area contributed by atoms with E-state index in [9.17, 15) is 0 Å². The van der Waals surface area contributed by atoms with Crippen LogP contribution in [0, 0.1) is 11.3 Å². The summed E-state index contributed by atoms with van der Waals surface area (Å²) in [5.41, 5.74) is 1.45. The van der Waals surface area contributed by atoms with E-state index in [-0.39, 0.29) is 0 Å². The standard InChI is InChI=1S/C8H5N3/c9-5-7-4-8-2-1-3-11(8)6-10-7/h1-4,6H. The first-order valence-corrected chi connectivity index (χ1v) is 3.23. The smallest absolute Gasteiger partial charge is 0.144 e. The number of hydrogen-bond acceptors (Lipinski definition) is 2. The summed E-state index contributed by atoms with van der Waals surface area (Å²) in [6.45, 7) is 0. The molecule has 0 radical (unpaired) electrons. The molecule has 2 aromatic rings. The molecule has 3 nitrogen and oxygen atoms in total. The van der Waals surface area contributed by atoms with Gasteiger partial charge in [0.1, 0.15) is 18.1 Å². The van der Waals surface area contributed by atoms with Gasteiger partial charge >= 0.3 is 0 Å². The molecule has 0 amide bonds. The maximum absolute atomic E-state index is 8.51. The van der Waals surface area contributed by atoms with Crippen molar-refractivity contribution in [2.24, 2.45) is 0 Å². The van der Waals surface area contributed by atoms with Gasteiger partial charge in [0.2, 0.25) is 0 Å². The molecule has 0 N–H and O–H groups in total. The molecule has 0 aliphatic heterocycles. The van der Waals surface area contributed by atoms with Gasteiger partial charge in [-0.2, -0.15) is 5.26 Å². The quantitative estimate of drug-likeness (QED) is 0.556. The number of rotatable bonds is 0. The van der Waals surface area contributed by atoms with E-state index in [1.165, 1.54) is 0 Å². The summed E-state index contributed by atoms with van der Waals surface area (Å²) in [6.07, 6.45) is 3.53. The van der Waals surface area contributed by atoms with Gasteiger partial charge in [0.25, 0.3) is 0 Å². The lowest BCUT2D eigenvalue weighted by Gasteiger charge is -1.91. The first-order valence-electron chi connectivity index (χ1n) is 3.23. The Morgan fingerprint density at radius 1 is 1.55 bits per heavy atom. The Labute approximate surface area is 63.5 Å². The predicted octanol–water partition coefficient (Wildman–Crippen LogP) is 1.21. The molecule has 2 aromatic heterocycles. The monoisotopic (exact) mass is 143 g/mol. The first-order chi connectivity index (χ1) is 5.40. The molecule has 0 saturated carbocycles. The molecule has 0 bridgehead atoms. The van der Waals surface area contributed by atoms with Crippen LogP contribution in [0.5, 0.6) is 0 Å². The van der Waals surface area contributed by atoms with Crippen LogP contribution in [0.3, 0.4) is 0 Å². The predicted molar refractivity (Wildman–Crippen MR) is 39.9 cm³/mol. The van der Waals surface area contributed by atoms with Crippen LogP contribution in [0.2, 0.25) is 0 Å². The van der Waals surface area contributed by atoms with E-state index in [4.69, 9.17) is 5.26 Å². The van der Waals surface area contributed by atoms with Crippen LogP contribution < -0.4 is 0 Å². The van der Waals surface area contributed by atoms with Crippen molar-refractivity contribution in [3.05, 3.63) is 36.4 Å². The second-order valence-electron chi connectivity index (χ2n) is 2.23. The van der Waals surface area contributed by atoms with Gasteiger partial charge in [-0.25, -0.2) is 4.98 Å². The fourth-order valence-corrected chi connectivity index (χ4v) is 0.997. The molecule has 0 aliphatic carbocycles. The van der Waals surface area contributed by atoms with Crippen molar-refractivity contribution in [2.75, 3.05) is 0 Å². The molecule has 0 unspecified atom stereocenters. The largest absolute Gasteiger partial charge is 0.308 e. The number of fused-ring (bicyclic) bond motifs is 1. The highest BCUT2D eigenvalue weighted by Gasteiger charge is 1.93. The van der Waals surface area contributed by atoms with Crippen molar-refractivity contribution in [3.63, 3.8) is 0 Å². The maximum atomic E-state index is 8.51. The summed E-state index contributed by atoms with van der Waals surface area (Å²) >= 11 is 0. The van der Waals surface area contributed by atoms with Crippen molar-refractivity contribution >= 4 is 5.52 Å². The summed E-state index contributed by atoms with van der Waals surface area (Å²) in [7, 11) is 0. The lowest BCUT2D eigenvalue weighted by molar-refractivity contribution is 1.08. The Morgan fingerprint density at radius 3 is 3.27 bits per heavy atom. The van der Waals surface area contributed by atoms with Gasteiger partial charge in [-0.05, 0) is 18.2 Å². The average Bonchev–Trinajstić information content (AvgIpc) is 2.50. The second kappa shape index (κ2) is 2.10. The summed E-state index contributed by atoms with van der Waals surface area (Å²) in [6, 6.07) is 7.58. The third-order valence-electron chi connectivity index (χ3n) is 1.53. The Hall–Kier alpha value is -1.82. The summed E-state index contributed by atoms with van der Waals surface area (Å²) in [5, 5.41) is 8.51. The van der Waals surface area contributed by atoms with Crippen LogP contribution in [0.4, 0.5) is 0 Å². The lowest BCUT2D eigenvalue weighted by Crippen LogP contribution is -1.87. The molecular formula is C8H5N3. The van der Waals surface area contributed by atoms with E-state index in [1.54, 1.807) is 12.4 Å². The van der Waals surface area contributed by atoms with Crippen LogP contribution in [0.1, 0.15) is 5.69 Å². The minimum absolute atomic E-state index is 0.455. The molecule has 0 aliphatic rings. The van der Waals surface area contributed by atoms with E-state index >= 15 is 0 Å². The molecule has 11 heavy (non-hydrogen) atoms. The van der Waals surface area contributed by atoms with Crippen molar-refractivity contribution in [1.82, 2.24) is 9.38 Å². The Bertz CT molecular complexity index is 422. The highest BCUT2D eigenvalue weighted by Crippen LogP contribution is 2.03. The third-order valence-corrected chi connectivity index (χ3v) is 1.53. The molecule has 0 atom stereocenters. The van der Waals surface area contributed by atoms with E-state index in [1.807, 2.05) is 28.8 Å². The molecule has 2 rings (SSSR count). The van der Waals surface area contributed by atoms with Gasteiger partial charge in [0.05, 0.1) is 0 Å². The van der Waals surface area contributed by atoms with Crippen molar-refractivity contribution in [3.8, 4) is 6.07 Å². The van der Waals surface area contributed by atoms with E-state index in [0.717, 1.165) is 5.52 Å². The Morgan fingerprint density at radius 2 is 2.45 bits per heavy atom. The Kier molecular flexibility index (Phi) is 1.13. The van der Waals surface area contributed by atoms with Gasteiger partial charge in [0.15, 0.2) is 0 Å². The minimum atomic E-state index is 0.455. The zero-order chi connectivity index (χ0) is 7.68. The fourth-order valence-electron chi connectivity index (χ4n) is 0.997. The number of nitrogens with zero attached hydrogens (tertiary/aromatic N) is 3. The normalized spacial score (nSPS) is 9.73. The minimum Gasteiger partial charge on any atom is -0.308 e. The molecule has 3 heteroatoms. The number of nitriles is 1. The number of aromatic nitrogens is 2. The van der Waals surface area contributed by atoms with Gasteiger partial charge in [-0.15, -0.1) is 0 Å². The molecule has 0 fully saturated rings. The topological polar surface area (TPSA) is 41.1 Å². The summed E-state index contributed by atoms with van der Waals surface area (Å²) in [5.74, 6) is 0. The maximum Gasteiger partial charge on any atom is 0.144 e. The summed E-state index contributed by atoms with van der Waals surface area (Å²) in [4.78, 5) is 3.90. The molecule has 52 valence electrons. The van der Waals surface area contributed by atoms with Gasteiger partial charge in [-0.3, -0.25) is 0 Å².